The SMILES string of the molecule is CCOC(=O)[C@H]1[C@@H]2C(=O)O[C@@H](c3ccccc3)[C@@H](c3ccccc3)N2[C@@H](CC(C)C)[C@]12C(=O)Nc1ccccc12. The number of para-hydroxylation sites is 1. The number of hydrogen-bond acceptors (Lipinski definition) is 6. The molecule has 1 N–H and O–H groups in total. The molecule has 1 amide bonds. The van der Waals surface area contributed by atoms with E-state index in [4.69, 9.17) is 9.47 Å². The van der Waals surface area contributed by atoms with E-state index in [1.54, 1.807) is 6.92 Å². The van der Waals surface area contributed by atoms with Crippen molar-refractivity contribution in [2.75, 3.05) is 11.9 Å². The first-order chi connectivity index (χ1) is 19.4. The second kappa shape index (κ2) is 10.2. The molecule has 6 atom stereocenters. The van der Waals surface area contributed by atoms with Crippen LogP contribution in [-0.4, -0.2) is 41.4 Å². The maximum atomic E-state index is 14.3. The first-order valence-electron chi connectivity index (χ1n) is 14.0. The third-order valence-electron chi connectivity index (χ3n) is 8.61. The summed E-state index contributed by atoms with van der Waals surface area (Å²) in [4.78, 5) is 44.5. The second-order valence-electron chi connectivity index (χ2n) is 11.3. The third kappa shape index (κ3) is 3.86. The lowest BCUT2D eigenvalue weighted by atomic mass is 9.65. The monoisotopic (exact) mass is 538 g/mol. The first kappa shape index (κ1) is 26.3. The van der Waals surface area contributed by atoms with Crippen LogP contribution in [0.25, 0.3) is 0 Å². The lowest BCUT2D eigenvalue weighted by Crippen LogP contribution is -2.54. The molecule has 0 bridgehead atoms. The minimum Gasteiger partial charge on any atom is -0.466 e. The zero-order valence-electron chi connectivity index (χ0n) is 22.9. The molecule has 1 spiro atoms. The van der Waals surface area contributed by atoms with Gasteiger partial charge in [0.2, 0.25) is 5.91 Å². The Balaban J connectivity index is 1.64. The zero-order valence-corrected chi connectivity index (χ0v) is 22.9. The number of ether oxygens (including phenoxy) is 2. The largest absolute Gasteiger partial charge is 0.466 e. The molecule has 0 radical (unpaired) electrons. The normalized spacial score (nSPS) is 29.1. The van der Waals surface area contributed by atoms with Crippen LogP contribution < -0.4 is 5.32 Å². The molecule has 0 aliphatic carbocycles. The smallest absolute Gasteiger partial charge is 0.325 e. The molecule has 2 saturated heterocycles. The van der Waals surface area contributed by atoms with Crippen LogP contribution in [0, 0.1) is 11.8 Å². The number of rotatable bonds is 6. The minimum absolute atomic E-state index is 0.139. The Morgan fingerprint density at radius 1 is 0.925 bits per heavy atom. The van der Waals surface area contributed by atoms with E-state index in [9.17, 15) is 14.4 Å². The highest BCUT2D eigenvalue weighted by atomic mass is 16.6. The molecule has 3 aliphatic heterocycles. The molecule has 40 heavy (non-hydrogen) atoms. The highest BCUT2D eigenvalue weighted by Gasteiger charge is 2.73. The van der Waals surface area contributed by atoms with Crippen LogP contribution in [0.4, 0.5) is 5.69 Å². The van der Waals surface area contributed by atoms with Crippen molar-refractivity contribution >= 4 is 23.5 Å². The van der Waals surface area contributed by atoms with Gasteiger partial charge in [-0.15, -0.1) is 0 Å². The van der Waals surface area contributed by atoms with E-state index < -0.39 is 47.5 Å². The second-order valence-corrected chi connectivity index (χ2v) is 11.3. The van der Waals surface area contributed by atoms with Gasteiger partial charge in [-0.1, -0.05) is 92.7 Å². The van der Waals surface area contributed by atoms with Crippen LogP contribution in [0.15, 0.2) is 84.9 Å². The summed E-state index contributed by atoms with van der Waals surface area (Å²) in [7, 11) is 0. The lowest BCUT2D eigenvalue weighted by Gasteiger charge is -2.46. The Kier molecular flexibility index (Phi) is 6.70. The predicted octanol–water partition coefficient (Wildman–Crippen LogP) is 5.19. The first-order valence-corrected chi connectivity index (χ1v) is 14.0. The molecule has 7 heteroatoms. The molecular weight excluding hydrogens is 504 g/mol. The number of fused-ring (bicyclic) bond motifs is 3. The average Bonchev–Trinajstić information content (AvgIpc) is 3.42. The molecule has 6 rings (SSSR count). The molecule has 0 aromatic heterocycles. The van der Waals surface area contributed by atoms with Crippen molar-refractivity contribution < 1.29 is 23.9 Å². The summed E-state index contributed by atoms with van der Waals surface area (Å²) < 4.78 is 11.9. The van der Waals surface area contributed by atoms with Gasteiger partial charge in [-0.3, -0.25) is 19.3 Å². The fraction of sp³-hybridized carbons (Fsp3) is 0.364. The third-order valence-corrected chi connectivity index (χ3v) is 8.61. The van der Waals surface area contributed by atoms with E-state index in [0.717, 1.165) is 16.7 Å². The fourth-order valence-corrected chi connectivity index (χ4v) is 7.23. The van der Waals surface area contributed by atoms with Gasteiger partial charge in [0, 0.05) is 11.7 Å². The van der Waals surface area contributed by atoms with Crippen molar-refractivity contribution in [1.29, 1.82) is 0 Å². The molecule has 0 unspecified atom stereocenters. The average molecular weight is 539 g/mol. The molecule has 7 nitrogen and oxygen atoms in total. The van der Waals surface area contributed by atoms with Gasteiger partial charge >= 0.3 is 11.9 Å². The zero-order chi connectivity index (χ0) is 28.0. The molecule has 206 valence electrons. The van der Waals surface area contributed by atoms with Crippen LogP contribution in [-0.2, 0) is 29.3 Å². The number of nitrogens with one attached hydrogen (secondary N) is 1. The molecular formula is C33H34N2O5. The topological polar surface area (TPSA) is 84.9 Å². The number of carbonyl (C=O) groups excluding carboxylic acids is 3. The maximum absolute atomic E-state index is 14.3. The van der Waals surface area contributed by atoms with Crippen LogP contribution in [0.1, 0.15) is 56.0 Å². The van der Waals surface area contributed by atoms with E-state index in [0.29, 0.717) is 12.1 Å². The van der Waals surface area contributed by atoms with Gasteiger partial charge < -0.3 is 14.8 Å². The summed E-state index contributed by atoms with van der Waals surface area (Å²) in [5.74, 6) is -2.24. The standard InChI is InChI=1S/C33H34N2O5/c1-4-39-30(36)26-28-31(37)40-29(22-15-9-6-10-16-22)27(21-13-7-5-8-14-21)35(28)25(19-20(2)3)33(26)23-17-11-12-18-24(23)34-32(33)38/h5-18,20,25-29H,4,19H2,1-3H3,(H,34,38)/t25-,26+,27+,28+,29-,33-/m0/s1. The van der Waals surface area contributed by atoms with E-state index in [1.165, 1.54) is 0 Å². The molecule has 3 aromatic carbocycles. The van der Waals surface area contributed by atoms with Crippen LogP contribution in [0.2, 0.25) is 0 Å². The highest BCUT2D eigenvalue weighted by molar-refractivity contribution is 6.11. The summed E-state index contributed by atoms with van der Waals surface area (Å²) in [5, 5.41) is 3.06. The lowest BCUT2D eigenvalue weighted by molar-refractivity contribution is -0.180. The summed E-state index contributed by atoms with van der Waals surface area (Å²) in [6.07, 6.45) is -0.0357. The molecule has 3 heterocycles. The van der Waals surface area contributed by atoms with Gasteiger partial charge in [0.15, 0.2) is 0 Å². The number of carbonyl (C=O) groups is 3. The van der Waals surface area contributed by atoms with Gasteiger partial charge in [-0.2, -0.15) is 0 Å². The Labute approximate surface area is 234 Å². The Hall–Kier alpha value is -3.97. The van der Waals surface area contributed by atoms with E-state index in [1.807, 2.05) is 84.9 Å². The van der Waals surface area contributed by atoms with Crippen molar-refractivity contribution in [3.05, 3.63) is 102 Å². The van der Waals surface area contributed by atoms with E-state index in [-0.39, 0.29) is 18.4 Å². The molecule has 0 saturated carbocycles. The van der Waals surface area contributed by atoms with Gasteiger partial charge in [-0.25, -0.2) is 0 Å². The number of morpholine rings is 1. The number of nitrogens with zero attached hydrogens (tertiary/aromatic N) is 1. The van der Waals surface area contributed by atoms with Gasteiger partial charge in [0.25, 0.3) is 0 Å². The van der Waals surface area contributed by atoms with Crippen LogP contribution in [0.3, 0.4) is 0 Å². The molecule has 3 aromatic rings. The van der Waals surface area contributed by atoms with E-state index >= 15 is 0 Å². The Morgan fingerprint density at radius 3 is 2.20 bits per heavy atom. The van der Waals surface area contributed by atoms with Crippen LogP contribution in [0.5, 0.6) is 0 Å². The summed E-state index contributed by atoms with van der Waals surface area (Å²) >= 11 is 0. The molecule has 2 fully saturated rings. The summed E-state index contributed by atoms with van der Waals surface area (Å²) in [5.41, 5.74) is 1.88. The number of benzene rings is 3. The van der Waals surface area contributed by atoms with Crippen molar-refractivity contribution in [2.24, 2.45) is 11.8 Å². The van der Waals surface area contributed by atoms with Crippen LogP contribution >= 0.6 is 0 Å². The number of cyclic esters (lactones) is 1. The van der Waals surface area contributed by atoms with Crippen molar-refractivity contribution in [2.45, 2.75) is 56.8 Å². The Morgan fingerprint density at radius 2 is 1.55 bits per heavy atom. The number of amides is 1. The Bertz CT molecular complexity index is 1430. The van der Waals surface area contributed by atoms with Crippen molar-refractivity contribution in [1.82, 2.24) is 4.90 Å². The van der Waals surface area contributed by atoms with Gasteiger partial charge in [-0.05, 0) is 42.0 Å². The van der Waals surface area contributed by atoms with Gasteiger partial charge in [0.05, 0.1) is 12.6 Å². The number of hydrogen-bond donors (Lipinski definition) is 1. The summed E-state index contributed by atoms with van der Waals surface area (Å²) in [6.45, 7) is 6.09. The quantitative estimate of drug-likeness (QED) is 0.435. The van der Waals surface area contributed by atoms with Crippen molar-refractivity contribution in [3.8, 4) is 0 Å². The number of anilines is 1. The van der Waals surface area contributed by atoms with Crippen molar-refractivity contribution in [3.63, 3.8) is 0 Å². The van der Waals surface area contributed by atoms with Gasteiger partial charge in [0.1, 0.15) is 23.5 Å². The highest BCUT2D eigenvalue weighted by Crippen LogP contribution is 2.60. The van der Waals surface area contributed by atoms with E-state index in [2.05, 4.69) is 24.1 Å². The maximum Gasteiger partial charge on any atom is 0.325 e. The predicted molar refractivity (Wildman–Crippen MR) is 150 cm³/mol. The minimum atomic E-state index is -1.32. The number of esters is 2. The fourth-order valence-electron chi connectivity index (χ4n) is 7.23. The summed E-state index contributed by atoms with van der Waals surface area (Å²) in [6, 6.07) is 25.2. The molecule has 3 aliphatic rings.